The molecule has 2 rings (SSSR count). The second-order valence-corrected chi connectivity index (χ2v) is 4.65. The smallest absolute Gasteiger partial charge is 0.321 e. The van der Waals surface area contributed by atoms with E-state index in [2.05, 4.69) is 5.32 Å². The number of carbonyl (C=O) groups is 1. The summed E-state index contributed by atoms with van der Waals surface area (Å²) < 4.78 is 5.31. The van der Waals surface area contributed by atoms with Crippen LogP contribution in [0, 0.1) is 0 Å². The Balaban J connectivity index is 1.87. The van der Waals surface area contributed by atoms with Crippen LogP contribution in [0.3, 0.4) is 0 Å². The van der Waals surface area contributed by atoms with Crippen LogP contribution < -0.4 is 5.32 Å². The first kappa shape index (κ1) is 13.8. The summed E-state index contributed by atoms with van der Waals surface area (Å²) in [4.78, 5) is 13.5. The number of benzene rings is 1. The van der Waals surface area contributed by atoms with Crippen LogP contribution in [0.15, 0.2) is 24.3 Å². The van der Waals surface area contributed by atoms with E-state index in [-0.39, 0.29) is 12.1 Å². The largest absolute Gasteiger partial charge is 0.391 e. The van der Waals surface area contributed by atoms with Gasteiger partial charge in [-0.2, -0.15) is 0 Å². The average Bonchev–Trinajstić information content (AvgIpc) is 2.85. The number of β-amino-alcohol motifs (C(OH)–C–C–N with tert-alkyl or cyclic N) is 1. The summed E-state index contributed by atoms with van der Waals surface area (Å²) in [5.41, 5.74) is 1.84. The molecule has 0 bridgehead atoms. The molecule has 5 nitrogen and oxygen atoms in total. The van der Waals surface area contributed by atoms with Crippen molar-refractivity contribution < 1.29 is 14.6 Å². The monoisotopic (exact) mass is 264 g/mol. The number of carbonyl (C=O) groups excluding carboxylic acids is 1. The van der Waals surface area contributed by atoms with Crippen molar-refractivity contribution in [2.75, 3.05) is 25.0 Å². The third kappa shape index (κ3) is 3.94. The lowest BCUT2D eigenvalue weighted by Gasteiger charge is -2.16. The quantitative estimate of drug-likeness (QED) is 0.872. The van der Waals surface area contributed by atoms with E-state index in [1.807, 2.05) is 31.2 Å². The van der Waals surface area contributed by atoms with Gasteiger partial charge in [0.15, 0.2) is 0 Å². The number of urea groups is 1. The van der Waals surface area contributed by atoms with E-state index >= 15 is 0 Å². The van der Waals surface area contributed by atoms with Crippen molar-refractivity contribution in [3.05, 3.63) is 29.8 Å². The maximum absolute atomic E-state index is 11.9. The fourth-order valence-electron chi connectivity index (χ4n) is 2.03. The van der Waals surface area contributed by atoms with Crippen LogP contribution >= 0.6 is 0 Å². The van der Waals surface area contributed by atoms with Crippen molar-refractivity contribution in [1.82, 2.24) is 4.90 Å². The van der Waals surface area contributed by atoms with Gasteiger partial charge in [-0.05, 0) is 31.0 Å². The Morgan fingerprint density at radius 3 is 2.79 bits per heavy atom. The molecule has 5 heteroatoms. The van der Waals surface area contributed by atoms with Crippen molar-refractivity contribution in [2.24, 2.45) is 0 Å². The van der Waals surface area contributed by atoms with E-state index in [0.717, 1.165) is 11.3 Å². The number of amides is 2. The lowest BCUT2D eigenvalue weighted by atomic mass is 10.2. The Kier molecular flexibility index (Phi) is 4.76. The fraction of sp³-hybridized carbons (Fsp3) is 0.500. The lowest BCUT2D eigenvalue weighted by molar-refractivity contribution is 0.134. The summed E-state index contributed by atoms with van der Waals surface area (Å²) in [7, 11) is 0. The Morgan fingerprint density at radius 1 is 1.47 bits per heavy atom. The molecule has 0 saturated carbocycles. The molecule has 104 valence electrons. The number of aliphatic hydroxyl groups is 1. The predicted octanol–water partition coefficient (Wildman–Crippen LogP) is 1.82. The van der Waals surface area contributed by atoms with Crippen LogP contribution in [0.25, 0.3) is 0 Å². The second-order valence-electron chi connectivity index (χ2n) is 4.65. The number of hydrogen-bond donors (Lipinski definition) is 2. The van der Waals surface area contributed by atoms with E-state index < -0.39 is 0 Å². The number of nitrogens with one attached hydrogen (secondary N) is 1. The van der Waals surface area contributed by atoms with Crippen molar-refractivity contribution in [3.63, 3.8) is 0 Å². The van der Waals surface area contributed by atoms with E-state index in [4.69, 9.17) is 4.74 Å². The van der Waals surface area contributed by atoms with Gasteiger partial charge in [-0.3, -0.25) is 0 Å². The number of anilines is 1. The summed E-state index contributed by atoms with van der Waals surface area (Å²) in [5, 5.41) is 12.2. The molecule has 0 aliphatic carbocycles. The van der Waals surface area contributed by atoms with E-state index in [1.54, 1.807) is 4.90 Å². The van der Waals surface area contributed by atoms with E-state index in [0.29, 0.717) is 32.7 Å². The zero-order valence-electron chi connectivity index (χ0n) is 11.1. The van der Waals surface area contributed by atoms with E-state index in [1.165, 1.54) is 0 Å². The molecular weight excluding hydrogens is 244 g/mol. The highest BCUT2D eigenvalue weighted by Gasteiger charge is 2.24. The number of hydrogen-bond acceptors (Lipinski definition) is 3. The van der Waals surface area contributed by atoms with Gasteiger partial charge in [-0.25, -0.2) is 4.79 Å². The van der Waals surface area contributed by atoms with Gasteiger partial charge in [-0.1, -0.05) is 12.1 Å². The van der Waals surface area contributed by atoms with Gasteiger partial charge < -0.3 is 20.1 Å². The normalized spacial score (nSPS) is 18.6. The average molecular weight is 264 g/mol. The summed E-state index contributed by atoms with van der Waals surface area (Å²) in [6, 6.07) is 7.43. The summed E-state index contributed by atoms with van der Waals surface area (Å²) >= 11 is 0. The lowest BCUT2D eigenvalue weighted by Crippen LogP contribution is -2.33. The predicted molar refractivity (Wildman–Crippen MR) is 73.0 cm³/mol. The molecule has 2 amide bonds. The fourth-order valence-corrected chi connectivity index (χ4v) is 2.03. The molecule has 1 atom stereocenters. The highest BCUT2D eigenvalue weighted by atomic mass is 16.5. The first-order chi connectivity index (χ1) is 9.19. The van der Waals surface area contributed by atoms with E-state index in [9.17, 15) is 9.90 Å². The Morgan fingerprint density at radius 2 is 2.21 bits per heavy atom. The minimum Gasteiger partial charge on any atom is -0.391 e. The van der Waals surface area contributed by atoms with Crippen molar-refractivity contribution in [3.8, 4) is 0 Å². The topological polar surface area (TPSA) is 61.8 Å². The molecule has 0 unspecified atom stereocenters. The van der Waals surface area contributed by atoms with Gasteiger partial charge in [0.2, 0.25) is 0 Å². The first-order valence-corrected chi connectivity index (χ1v) is 6.59. The molecular formula is C14H20N2O3. The van der Waals surface area contributed by atoms with Gasteiger partial charge >= 0.3 is 6.03 Å². The standard InChI is InChI=1S/C14H20N2O3/c1-2-19-10-11-3-5-12(6-4-11)15-14(18)16-8-7-13(17)9-16/h3-6,13,17H,2,7-10H2,1H3,(H,15,18)/t13-/m0/s1. The molecule has 1 saturated heterocycles. The maximum Gasteiger partial charge on any atom is 0.321 e. The summed E-state index contributed by atoms with van der Waals surface area (Å²) in [6.45, 7) is 4.25. The zero-order valence-corrected chi connectivity index (χ0v) is 11.1. The second kappa shape index (κ2) is 6.54. The molecule has 0 spiro atoms. The van der Waals surface area contributed by atoms with Crippen LogP contribution in [0.2, 0.25) is 0 Å². The van der Waals surface area contributed by atoms with Gasteiger partial charge in [0.05, 0.1) is 12.7 Å². The Labute approximate surface area is 113 Å². The molecule has 1 aromatic carbocycles. The molecule has 1 aliphatic rings. The molecule has 1 fully saturated rings. The molecule has 2 N–H and O–H groups in total. The molecule has 19 heavy (non-hydrogen) atoms. The number of ether oxygens (including phenoxy) is 1. The summed E-state index contributed by atoms with van der Waals surface area (Å²) in [5.74, 6) is 0. The van der Waals surface area contributed by atoms with Crippen molar-refractivity contribution in [2.45, 2.75) is 26.1 Å². The van der Waals surface area contributed by atoms with Gasteiger partial charge in [0.1, 0.15) is 0 Å². The SMILES string of the molecule is CCOCc1ccc(NC(=O)N2CC[C@H](O)C2)cc1. The molecule has 0 radical (unpaired) electrons. The molecule has 1 aliphatic heterocycles. The van der Waals surface area contributed by atoms with Crippen LogP contribution in [-0.4, -0.2) is 41.8 Å². The highest BCUT2D eigenvalue weighted by Crippen LogP contribution is 2.14. The minimum atomic E-state index is -0.390. The van der Waals surface area contributed by atoms with Crippen LogP contribution in [0.4, 0.5) is 10.5 Å². The number of aliphatic hydroxyl groups excluding tert-OH is 1. The van der Waals surface area contributed by atoms with Crippen LogP contribution in [0.1, 0.15) is 18.9 Å². The van der Waals surface area contributed by atoms with Crippen LogP contribution in [0.5, 0.6) is 0 Å². The Bertz CT molecular complexity index is 419. The minimum absolute atomic E-state index is 0.158. The number of rotatable bonds is 4. The first-order valence-electron chi connectivity index (χ1n) is 6.59. The molecule has 1 heterocycles. The van der Waals surface area contributed by atoms with Gasteiger partial charge in [-0.15, -0.1) is 0 Å². The third-order valence-corrected chi connectivity index (χ3v) is 3.13. The third-order valence-electron chi connectivity index (χ3n) is 3.13. The highest BCUT2D eigenvalue weighted by molar-refractivity contribution is 5.89. The summed E-state index contributed by atoms with van der Waals surface area (Å²) in [6.07, 6.45) is 0.264. The van der Waals surface area contributed by atoms with Gasteiger partial charge in [0, 0.05) is 25.4 Å². The molecule has 0 aromatic heterocycles. The Hall–Kier alpha value is -1.59. The van der Waals surface area contributed by atoms with Crippen molar-refractivity contribution >= 4 is 11.7 Å². The van der Waals surface area contributed by atoms with Crippen molar-refractivity contribution in [1.29, 1.82) is 0 Å². The number of nitrogens with zero attached hydrogens (tertiary/aromatic N) is 1. The number of likely N-dealkylation sites (tertiary alicyclic amines) is 1. The van der Waals surface area contributed by atoms with Gasteiger partial charge in [0.25, 0.3) is 0 Å². The zero-order chi connectivity index (χ0) is 13.7. The maximum atomic E-state index is 11.9. The molecule has 1 aromatic rings. The van der Waals surface area contributed by atoms with Crippen LogP contribution in [-0.2, 0) is 11.3 Å².